The van der Waals surface area contributed by atoms with Crippen molar-refractivity contribution in [3.8, 4) is 0 Å². The molecule has 0 unspecified atom stereocenters. The van der Waals surface area contributed by atoms with Gasteiger partial charge in [-0.3, -0.25) is 9.59 Å². The Kier molecular flexibility index (Phi) is 5.10. The number of ether oxygens (including phenoxy) is 1. The van der Waals surface area contributed by atoms with E-state index >= 15 is 0 Å². The van der Waals surface area contributed by atoms with Crippen LogP contribution in [0.15, 0.2) is 29.2 Å². The van der Waals surface area contributed by atoms with Crippen molar-refractivity contribution in [3.63, 3.8) is 0 Å². The number of sulfonamides is 1. The van der Waals surface area contributed by atoms with Gasteiger partial charge in [0.25, 0.3) is 5.91 Å². The third-order valence-corrected chi connectivity index (χ3v) is 6.51. The SMILES string of the molecule is C[C@@H]1C[C@@H]1C(=O)OCC(=O)Nc1ccc(S(=O)(=O)N2CCCC2)cc1. The predicted octanol–water partition coefficient (Wildman–Crippen LogP) is 1.61. The van der Waals surface area contributed by atoms with Crippen LogP contribution in [0.3, 0.4) is 0 Å². The lowest BCUT2D eigenvalue weighted by molar-refractivity contribution is -0.148. The molecule has 1 N–H and O–H groups in total. The molecule has 7 nitrogen and oxygen atoms in total. The third-order valence-electron chi connectivity index (χ3n) is 4.60. The van der Waals surface area contributed by atoms with Gasteiger partial charge < -0.3 is 10.1 Å². The van der Waals surface area contributed by atoms with Crippen LogP contribution in [0.1, 0.15) is 26.2 Å². The summed E-state index contributed by atoms with van der Waals surface area (Å²) in [5.74, 6) is -0.532. The van der Waals surface area contributed by atoms with Gasteiger partial charge >= 0.3 is 5.97 Å². The molecule has 2 atom stereocenters. The van der Waals surface area contributed by atoms with E-state index in [0.717, 1.165) is 19.3 Å². The molecule has 1 aromatic rings. The highest BCUT2D eigenvalue weighted by Gasteiger charge is 2.40. The molecule has 1 amide bonds. The lowest BCUT2D eigenvalue weighted by atomic mass is 10.3. The molecule has 25 heavy (non-hydrogen) atoms. The second-order valence-electron chi connectivity index (χ2n) is 6.61. The third kappa shape index (κ3) is 4.19. The number of nitrogens with zero attached hydrogens (tertiary/aromatic N) is 1. The monoisotopic (exact) mass is 366 g/mol. The number of anilines is 1. The van der Waals surface area contributed by atoms with Crippen LogP contribution in [0.5, 0.6) is 0 Å². The van der Waals surface area contributed by atoms with E-state index in [0.29, 0.717) is 24.7 Å². The summed E-state index contributed by atoms with van der Waals surface area (Å²) in [4.78, 5) is 23.6. The standard InChI is InChI=1S/C17H22N2O5S/c1-12-10-15(12)17(21)24-11-16(20)18-13-4-6-14(7-5-13)25(22,23)19-8-2-3-9-19/h4-7,12,15H,2-3,8-11H2,1H3,(H,18,20)/t12-,15+/m1/s1. The van der Waals surface area contributed by atoms with Gasteiger partial charge in [0.2, 0.25) is 10.0 Å². The molecular weight excluding hydrogens is 344 g/mol. The second kappa shape index (κ2) is 7.13. The van der Waals surface area contributed by atoms with Gasteiger partial charge in [-0.15, -0.1) is 0 Å². The Labute approximate surface area is 147 Å². The zero-order valence-corrected chi connectivity index (χ0v) is 14.9. The molecule has 3 rings (SSSR count). The molecule has 1 heterocycles. The van der Waals surface area contributed by atoms with Crippen LogP contribution in [0.4, 0.5) is 5.69 Å². The van der Waals surface area contributed by atoms with Crippen LogP contribution >= 0.6 is 0 Å². The quantitative estimate of drug-likeness (QED) is 0.772. The topological polar surface area (TPSA) is 92.8 Å². The van der Waals surface area contributed by atoms with Gasteiger partial charge in [-0.1, -0.05) is 6.92 Å². The van der Waals surface area contributed by atoms with Crippen molar-refractivity contribution in [2.45, 2.75) is 31.1 Å². The second-order valence-corrected chi connectivity index (χ2v) is 8.55. The summed E-state index contributed by atoms with van der Waals surface area (Å²) in [6.07, 6.45) is 2.57. The maximum atomic E-state index is 12.4. The first-order chi connectivity index (χ1) is 11.9. The molecule has 2 aliphatic rings. The predicted molar refractivity (Wildman–Crippen MR) is 91.3 cm³/mol. The number of hydrogen-bond acceptors (Lipinski definition) is 5. The normalized spacial score (nSPS) is 23.2. The molecular formula is C17H22N2O5S. The van der Waals surface area contributed by atoms with Crippen molar-refractivity contribution in [1.29, 1.82) is 0 Å². The van der Waals surface area contributed by atoms with E-state index in [1.165, 1.54) is 28.6 Å². The first kappa shape index (κ1) is 17.9. The van der Waals surface area contributed by atoms with Crippen molar-refractivity contribution in [2.75, 3.05) is 25.0 Å². The first-order valence-electron chi connectivity index (χ1n) is 8.44. The molecule has 0 bridgehead atoms. The Hall–Kier alpha value is -1.93. The van der Waals surface area contributed by atoms with Crippen LogP contribution < -0.4 is 5.32 Å². The van der Waals surface area contributed by atoms with Crippen LogP contribution in [0, 0.1) is 11.8 Å². The summed E-state index contributed by atoms with van der Waals surface area (Å²) < 4.78 is 31.3. The van der Waals surface area contributed by atoms with Crippen molar-refractivity contribution in [2.24, 2.45) is 11.8 Å². The van der Waals surface area contributed by atoms with E-state index in [-0.39, 0.29) is 23.4 Å². The molecule has 0 spiro atoms. The summed E-state index contributed by atoms with van der Waals surface area (Å²) in [6.45, 7) is 2.72. The number of benzene rings is 1. The molecule has 1 aromatic carbocycles. The van der Waals surface area contributed by atoms with Crippen molar-refractivity contribution in [1.82, 2.24) is 4.31 Å². The minimum atomic E-state index is -3.46. The number of carbonyl (C=O) groups is 2. The fraction of sp³-hybridized carbons (Fsp3) is 0.529. The summed E-state index contributed by atoms with van der Waals surface area (Å²) in [6, 6.07) is 6.01. The van der Waals surface area contributed by atoms with Crippen LogP contribution in [0.2, 0.25) is 0 Å². The number of hydrogen-bond donors (Lipinski definition) is 1. The number of rotatable bonds is 6. The van der Waals surface area contributed by atoms with Gasteiger partial charge in [-0.2, -0.15) is 4.31 Å². The fourth-order valence-electron chi connectivity index (χ4n) is 2.88. The molecule has 0 aromatic heterocycles. The van der Waals surface area contributed by atoms with E-state index in [1.807, 2.05) is 6.92 Å². The summed E-state index contributed by atoms with van der Waals surface area (Å²) >= 11 is 0. The Balaban J connectivity index is 1.53. The van der Waals surface area contributed by atoms with Crippen molar-refractivity contribution < 1.29 is 22.7 Å². The smallest absolute Gasteiger partial charge is 0.309 e. The van der Waals surface area contributed by atoms with Gasteiger partial charge in [-0.25, -0.2) is 8.42 Å². The maximum Gasteiger partial charge on any atom is 0.309 e. The minimum Gasteiger partial charge on any atom is -0.455 e. The first-order valence-corrected chi connectivity index (χ1v) is 9.88. The zero-order valence-electron chi connectivity index (χ0n) is 14.1. The van der Waals surface area contributed by atoms with E-state index < -0.39 is 15.9 Å². The summed E-state index contributed by atoms with van der Waals surface area (Å²) in [5, 5.41) is 2.59. The Morgan fingerprint density at radius 1 is 1.20 bits per heavy atom. The molecule has 2 fully saturated rings. The van der Waals surface area contributed by atoms with Gasteiger partial charge in [0.1, 0.15) is 0 Å². The van der Waals surface area contributed by atoms with E-state index in [9.17, 15) is 18.0 Å². The van der Waals surface area contributed by atoms with Crippen LogP contribution in [0.25, 0.3) is 0 Å². The van der Waals surface area contributed by atoms with Gasteiger partial charge in [0.05, 0.1) is 10.8 Å². The van der Waals surface area contributed by atoms with Gasteiger partial charge in [-0.05, 0) is 49.4 Å². The number of carbonyl (C=O) groups excluding carboxylic acids is 2. The van der Waals surface area contributed by atoms with Crippen LogP contribution in [-0.4, -0.2) is 44.3 Å². The molecule has 1 aliphatic heterocycles. The molecule has 0 radical (unpaired) electrons. The molecule has 8 heteroatoms. The Bertz CT molecular complexity index is 754. The zero-order chi connectivity index (χ0) is 18.0. The molecule has 1 saturated carbocycles. The van der Waals surface area contributed by atoms with E-state index in [1.54, 1.807) is 0 Å². The number of nitrogens with one attached hydrogen (secondary N) is 1. The summed E-state index contributed by atoms with van der Waals surface area (Å²) in [7, 11) is -3.46. The van der Waals surface area contributed by atoms with Gasteiger partial charge in [0.15, 0.2) is 6.61 Å². The average molecular weight is 366 g/mol. The Morgan fingerprint density at radius 3 is 2.36 bits per heavy atom. The van der Waals surface area contributed by atoms with E-state index in [4.69, 9.17) is 4.74 Å². The van der Waals surface area contributed by atoms with Gasteiger partial charge in [0, 0.05) is 18.8 Å². The van der Waals surface area contributed by atoms with Crippen molar-refractivity contribution >= 4 is 27.6 Å². The van der Waals surface area contributed by atoms with Crippen LogP contribution in [-0.2, 0) is 24.3 Å². The number of esters is 1. The average Bonchev–Trinajstić information content (AvgIpc) is 3.09. The summed E-state index contributed by atoms with van der Waals surface area (Å²) in [5.41, 5.74) is 0.459. The highest BCUT2D eigenvalue weighted by Crippen LogP contribution is 2.38. The lowest BCUT2D eigenvalue weighted by Crippen LogP contribution is -2.27. The minimum absolute atomic E-state index is 0.0807. The fourth-order valence-corrected chi connectivity index (χ4v) is 4.40. The lowest BCUT2D eigenvalue weighted by Gasteiger charge is -2.15. The molecule has 1 saturated heterocycles. The molecule has 136 valence electrons. The Morgan fingerprint density at radius 2 is 1.80 bits per heavy atom. The molecule has 1 aliphatic carbocycles. The van der Waals surface area contributed by atoms with Crippen molar-refractivity contribution in [3.05, 3.63) is 24.3 Å². The largest absolute Gasteiger partial charge is 0.455 e. The van der Waals surface area contributed by atoms with E-state index in [2.05, 4.69) is 5.32 Å². The maximum absolute atomic E-state index is 12.4. The highest BCUT2D eigenvalue weighted by atomic mass is 32.2. The highest BCUT2D eigenvalue weighted by molar-refractivity contribution is 7.89. The number of amides is 1.